The Kier molecular flexibility index (Phi) is 4.06. The Bertz CT molecular complexity index is 266. The van der Waals surface area contributed by atoms with Gasteiger partial charge in [0.15, 0.2) is 0 Å². The van der Waals surface area contributed by atoms with Gasteiger partial charge in [0, 0.05) is 6.04 Å². The Labute approximate surface area is 107 Å². The summed E-state index contributed by atoms with van der Waals surface area (Å²) >= 11 is 8.04. The molecule has 1 saturated carbocycles. The van der Waals surface area contributed by atoms with Crippen LogP contribution in [0.25, 0.3) is 0 Å². The van der Waals surface area contributed by atoms with Gasteiger partial charge in [-0.2, -0.15) is 0 Å². The number of hydrogen-bond donors (Lipinski definition) is 1. The largest absolute Gasteiger partial charge is 0.351 e. The number of hydrogen-bond acceptors (Lipinski definition) is 2. The first-order chi connectivity index (χ1) is 7.62. The summed E-state index contributed by atoms with van der Waals surface area (Å²) in [7, 11) is 0. The third-order valence-electron chi connectivity index (χ3n) is 3.70. The van der Waals surface area contributed by atoms with Crippen LogP contribution in [0.15, 0.2) is 0 Å². The summed E-state index contributed by atoms with van der Waals surface area (Å²) in [5.74, 6) is 1.31. The highest BCUT2D eigenvalue weighted by atomic mass is 35.5. The molecule has 0 aromatic rings. The van der Waals surface area contributed by atoms with Crippen LogP contribution in [0, 0.1) is 0 Å². The molecule has 16 heavy (non-hydrogen) atoms. The summed E-state index contributed by atoms with van der Waals surface area (Å²) in [6.45, 7) is 2.06. The number of nitrogens with one attached hydrogen (secondary N) is 1. The molecule has 3 unspecified atom stereocenters. The van der Waals surface area contributed by atoms with E-state index in [1.807, 2.05) is 0 Å². The van der Waals surface area contributed by atoms with Crippen molar-refractivity contribution in [3.05, 3.63) is 0 Å². The SMILES string of the molecule is CC1(C(=O)NC2CCCCC2Cl)CCCS1. The van der Waals surface area contributed by atoms with Crippen molar-refractivity contribution in [1.29, 1.82) is 0 Å². The second-order valence-corrected chi connectivity index (χ2v) is 7.22. The lowest BCUT2D eigenvalue weighted by Crippen LogP contribution is -2.49. The van der Waals surface area contributed by atoms with E-state index in [2.05, 4.69) is 12.2 Å². The van der Waals surface area contributed by atoms with Crippen molar-refractivity contribution in [3.63, 3.8) is 0 Å². The van der Waals surface area contributed by atoms with Crippen molar-refractivity contribution in [2.45, 2.75) is 61.6 Å². The zero-order valence-corrected chi connectivity index (χ0v) is 11.4. The fourth-order valence-electron chi connectivity index (χ4n) is 2.53. The predicted molar refractivity (Wildman–Crippen MR) is 70.1 cm³/mol. The monoisotopic (exact) mass is 261 g/mol. The number of amides is 1. The van der Waals surface area contributed by atoms with Gasteiger partial charge in [-0.05, 0) is 38.4 Å². The number of rotatable bonds is 2. The minimum absolute atomic E-state index is 0.132. The Morgan fingerprint density at radius 1 is 1.38 bits per heavy atom. The lowest BCUT2D eigenvalue weighted by molar-refractivity contribution is -0.124. The van der Waals surface area contributed by atoms with Crippen LogP contribution in [0.4, 0.5) is 0 Å². The van der Waals surface area contributed by atoms with Crippen LogP contribution in [0.3, 0.4) is 0 Å². The maximum Gasteiger partial charge on any atom is 0.236 e. The number of thioether (sulfide) groups is 1. The molecule has 3 atom stereocenters. The van der Waals surface area contributed by atoms with E-state index in [-0.39, 0.29) is 22.1 Å². The van der Waals surface area contributed by atoms with Crippen molar-refractivity contribution >= 4 is 29.3 Å². The highest BCUT2D eigenvalue weighted by Gasteiger charge is 2.39. The van der Waals surface area contributed by atoms with Gasteiger partial charge in [0.25, 0.3) is 0 Å². The fourth-order valence-corrected chi connectivity index (χ4v) is 4.09. The molecule has 1 aliphatic carbocycles. The van der Waals surface area contributed by atoms with E-state index < -0.39 is 0 Å². The molecule has 4 heteroatoms. The first-order valence-electron chi connectivity index (χ1n) is 6.21. The summed E-state index contributed by atoms with van der Waals surface area (Å²) in [6, 6.07) is 0.195. The average molecular weight is 262 g/mol. The molecule has 2 nitrogen and oxygen atoms in total. The summed E-state index contributed by atoms with van der Waals surface area (Å²) in [4.78, 5) is 12.2. The molecule has 1 amide bonds. The first kappa shape index (κ1) is 12.6. The van der Waals surface area contributed by atoms with Crippen molar-refractivity contribution in [3.8, 4) is 0 Å². The summed E-state index contributed by atoms with van der Waals surface area (Å²) in [5.41, 5.74) is 0. The molecule has 0 bridgehead atoms. The lowest BCUT2D eigenvalue weighted by Gasteiger charge is -2.31. The normalized spacial score (nSPS) is 39.6. The van der Waals surface area contributed by atoms with E-state index in [1.54, 1.807) is 11.8 Å². The van der Waals surface area contributed by atoms with Gasteiger partial charge >= 0.3 is 0 Å². The maximum absolute atomic E-state index is 12.2. The lowest BCUT2D eigenvalue weighted by atomic mass is 9.94. The van der Waals surface area contributed by atoms with E-state index in [9.17, 15) is 4.79 Å². The van der Waals surface area contributed by atoms with Crippen molar-refractivity contribution in [2.75, 3.05) is 5.75 Å². The Hall–Kier alpha value is 0.110. The molecule has 2 fully saturated rings. The van der Waals surface area contributed by atoms with Gasteiger partial charge < -0.3 is 5.32 Å². The van der Waals surface area contributed by atoms with Crippen molar-refractivity contribution < 1.29 is 4.79 Å². The average Bonchev–Trinajstić information content (AvgIpc) is 2.70. The topological polar surface area (TPSA) is 29.1 Å². The molecular weight excluding hydrogens is 242 g/mol. The third kappa shape index (κ3) is 2.67. The second kappa shape index (κ2) is 5.18. The van der Waals surface area contributed by atoms with Crippen LogP contribution in [-0.2, 0) is 4.79 Å². The summed E-state index contributed by atoms with van der Waals surface area (Å²) in [6.07, 6.45) is 6.63. The molecule has 0 aromatic heterocycles. The van der Waals surface area contributed by atoms with Crippen LogP contribution in [0.5, 0.6) is 0 Å². The van der Waals surface area contributed by atoms with Gasteiger partial charge in [0.05, 0.1) is 10.1 Å². The van der Waals surface area contributed by atoms with Gasteiger partial charge in [-0.1, -0.05) is 12.8 Å². The smallest absolute Gasteiger partial charge is 0.236 e. The zero-order valence-electron chi connectivity index (χ0n) is 9.80. The Morgan fingerprint density at radius 2 is 2.12 bits per heavy atom. The van der Waals surface area contributed by atoms with Crippen molar-refractivity contribution in [1.82, 2.24) is 5.32 Å². The van der Waals surface area contributed by atoms with E-state index >= 15 is 0 Å². The molecule has 0 radical (unpaired) electrons. The fraction of sp³-hybridized carbons (Fsp3) is 0.917. The van der Waals surface area contributed by atoms with E-state index in [0.717, 1.165) is 31.4 Å². The number of halogens is 1. The number of carbonyl (C=O) groups excluding carboxylic acids is 1. The van der Waals surface area contributed by atoms with Gasteiger partial charge in [-0.15, -0.1) is 23.4 Å². The molecule has 92 valence electrons. The molecule has 2 aliphatic rings. The Morgan fingerprint density at radius 3 is 2.75 bits per heavy atom. The van der Waals surface area contributed by atoms with Crippen LogP contribution in [0.1, 0.15) is 45.4 Å². The zero-order chi connectivity index (χ0) is 11.6. The quantitative estimate of drug-likeness (QED) is 0.775. The standard InChI is InChI=1S/C12H20ClNOS/c1-12(7-4-8-16-12)11(15)14-10-6-3-2-5-9(10)13/h9-10H,2-8H2,1H3,(H,14,15). The molecule has 2 rings (SSSR count). The molecule has 1 aliphatic heterocycles. The maximum atomic E-state index is 12.2. The van der Waals surface area contributed by atoms with Gasteiger partial charge in [0.1, 0.15) is 0 Å². The van der Waals surface area contributed by atoms with E-state index in [0.29, 0.717) is 0 Å². The van der Waals surface area contributed by atoms with Crippen molar-refractivity contribution in [2.24, 2.45) is 0 Å². The third-order valence-corrected chi connectivity index (χ3v) is 5.74. The molecule has 1 heterocycles. The minimum atomic E-state index is -0.200. The van der Waals surface area contributed by atoms with Gasteiger partial charge in [-0.3, -0.25) is 4.79 Å². The predicted octanol–water partition coefficient (Wildman–Crippen LogP) is 2.94. The van der Waals surface area contributed by atoms with E-state index in [4.69, 9.17) is 11.6 Å². The van der Waals surface area contributed by atoms with Crippen LogP contribution in [-0.4, -0.2) is 27.8 Å². The van der Waals surface area contributed by atoms with Crippen LogP contribution < -0.4 is 5.32 Å². The second-order valence-electron chi connectivity index (χ2n) is 5.06. The first-order valence-corrected chi connectivity index (χ1v) is 7.63. The van der Waals surface area contributed by atoms with Crippen LogP contribution in [0.2, 0.25) is 0 Å². The van der Waals surface area contributed by atoms with E-state index in [1.165, 1.54) is 12.8 Å². The molecule has 0 aromatic carbocycles. The molecule has 0 spiro atoms. The van der Waals surface area contributed by atoms with Gasteiger partial charge in [-0.25, -0.2) is 0 Å². The summed E-state index contributed by atoms with van der Waals surface area (Å²) in [5, 5.41) is 3.29. The molecule has 1 saturated heterocycles. The Balaban J connectivity index is 1.90. The number of carbonyl (C=O) groups is 1. The van der Waals surface area contributed by atoms with Crippen LogP contribution >= 0.6 is 23.4 Å². The number of alkyl halides is 1. The highest BCUT2D eigenvalue weighted by molar-refractivity contribution is 8.01. The summed E-state index contributed by atoms with van der Waals surface area (Å²) < 4.78 is -0.200. The minimum Gasteiger partial charge on any atom is -0.351 e. The highest BCUT2D eigenvalue weighted by Crippen LogP contribution is 2.38. The van der Waals surface area contributed by atoms with Gasteiger partial charge in [0.2, 0.25) is 5.91 Å². The molecule has 1 N–H and O–H groups in total. The molecular formula is C12H20ClNOS.